The van der Waals surface area contributed by atoms with Crippen LogP contribution in [-0.4, -0.2) is 6.03 Å². The summed E-state index contributed by atoms with van der Waals surface area (Å²) < 4.78 is 0. The van der Waals surface area contributed by atoms with Crippen molar-refractivity contribution in [1.29, 1.82) is 0 Å². The first-order chi connectivity index (χ1) is 9.11. The van der Waals surface area contributed by atoms with E-state index < -0.39 is 6.03 Å². The maximum atomic E-state index is 11.7. The zero-order valence-corrected chi connectivity index (χ0v) is 11.1. The molecular formula is C15H14ClN2O. The number of nitrogens with two attached hydrogens (primary N) is 1. The van der Waals surface area contributed by atoms with Gasteiger partial charge in [0, 0.05) is 5.02 Å². The van der Waals surface area contributed by atoms with E-state index in [1.807, 2.05) is 24.3 Å². The Morgan fingerprint density at radius 2 is 1.84 bits per heavy atom. The first-order valence-corrected chi connectivity index (χ1v) is 6.23. The number of anilines is 2. The predicted molar refractivity (Wildman–Crippen MR) is 78.7 cm³/mol. The summed E-state index contributed by atoms with van der Waals surface area (Å²) in [5.41, 5.74) is 7.89. The minimum absolute atomic E-state index is 0.551. The molecule has 3 nitrogen and oxygen atoms in total. The van der Waals surface area contributed by atoms with E-state index in [1.54, 1.807) is 24.3 Å². The third-order valence-electron chi connectivity index (χ3n) is 2.77. The zero-order valence-electron chi connectivity index (χ0n) is 10.3. The highest BCUT2D eigenvalue weighted by Gasteiger charge is 2.14. The fourth-order valence-corrected chi connectivity index (χ4v) is 2.01. The third kappa shape index (κ3) is 3.06. The predicted octanol–water partition coefficient (Wildman–Crippen LogP) is 3.93. The second-order valence-electron chi connectivity index (χ2n) is 4.07. The van der Waals surface area contributed by atoms with Gasteiger partial charge in [-0.15, -0.1) is 0 Å². The molecular weight excluding hydrogens is 260 g/mol. The van der Waals surface area contributed by atoms with Crippen molar-refractivity contribution < 1.29 is 4.79 Å². The third-order valence-corrected chi connectivity index (χ3v) is 3.01. The van der Waals surface area contributed by atoms with Crippen molar-refractivity contribution in [3.63, 3.8) is 0 Å². The summed E-state index contributed by atoms with van der Waals surface area (Å²) in [5.74, 6) is 0. The monoisotopic (exact) mass is 273 g/mol. The summed E-state index contributed by atoms with van der Waals surface area (Å²) in [6.45, 7) is 3.81. The highest BCUT2D eigenvalue weighted by atomic mass is 35.5. The number of hydrogen-bond acceptors (Lipinski definition) is 1. The number of halogens is 1. The van der Waals surface area contributed by atoms with Gasteiger partial charge in [-0.1, -0.05) is 29.8 Å². The Hall–Kier alpha value is -2.00. The number of hydrogen-bond donors (Lipinski definition) is 1. The molecule has 97 valence electrons. The number of primary amides is 1. The van der Waals surface area contributed by atoms with E-state index in [1.165, 1.54) is 4.90 Å². The molecule has 0 aliphatic heterocycles. The molecule has 0 aromatic heterocycles. The van der Waals surface area contributed by atoms with Crippen LogP contribution in [-0.2, 0) is 6.42 Å². The number of rotatable bonds is 3. The van der Waals surface area contributed by atoms with Crippen LogP contribution in [0, 0.1) is 6.92 Å². The van der Waals surface area contributed by atoms with Crippen LogP contribution in [0.15, 0.2) is 48.5 Å². The molecule has 2 amide bonds. The van der Waals surface area contributed by atoms with Crippen molar-refractivity contribution in [2.45, 2.75) is 6.42 Å². The van der Waals surface area contributed by atoms with Gasteiger partial charge in [-0.25, -0.2) is 4.79 Å². The highest BCUT2D eigenvalue weighted by molar-refractivity contribution is 6.31. The van der Waals surface area contributed by atoms with Crippen molar-refractivity contribution in [2.75, 3.05) is 4.90 Å². The molecule has 0 heterocycles. The molecule has 0 saturated heterocycles. The summed E-state index contributed by atoms with van der Waals surface area (Å²) in [6.07, 6.45) is 0.702. The summed E-state index contributed by atoms with van der Waals surface area (Å²) in [5, 5.41) is 0.554. The SMILES string of the molecule is [CH2]Cc1ccc(N(C(N)=O)c2cccc(Cl)c2)cc1. The number of carbonyl (C=O) groups is 1. The molecule has 2 aromatic rings. The number of urea groups is 1. The van der Waals surface area contributed by atoms with Crippen LogP contribution in [0.25, 0.3) is 0 Å². The van der Waals surface area contributed by atoms with Crippen molar-refractivity contribution in [3.8, 4) is 0 Å². The van der Waals surface area contributed by atoms with Gasteiger partial charge in [-0.3, -0.25) is 4.90 Å². The van der Waals surface area contributed by atoms with Gasteiger partial charge in [0.1, 0.15) is 0 Å². The van der Waals surface area contributed by atoms with E-state index in [9.17, 15) is 4.79 Å². The molecule has 19 heavy (non-hydrogen) atoms. The Morgan fingerprint density at radius 3 is 2.37 bits per heavy atom. The minimum Gasteiger partial charge on any atom is -0.351 e. The van der Waals surface area contributed by atoms with E-state index >= 15 is 0 Å². The van der Waals surface area contributed by atoms with Gasteiger partial charge < -0.3 is 5.73 Å². The Kier molecular flexibility index (Phi) is 4.07. The van der Waals surface area contributed by atoms with Crippen LogP contribution < -0.4 is 10.6 Å². The van der Waals surface area contributed by atoms with Crippen molar-refractivity contribution in [3.05, 3.63) is 66.0 Å². The van der Waals surface area contributed by atoms with Crippen molar-refractivity contribution in [1.82, 2.24) is 0 Å². The number of carbonyl (C=O) groups excluding carboxylic acids is 1. The Bertz CT molecular complexity index is 581. The van der Waals surface area contributed by atoms with Crippen LogP contribution in [0.3, 0.4) is 0 Å². The van der Waals surface area contributed by atoms with Crippen LogP contribution >= 0.6 is 11.6 Å². The molecule has 0 saturated carbocycles. The largest absolute Gasteiger partial charge is 0.351 e. The van der Waals surface area contributed by atoms with Gasteiger partial charge in [-0.2, -0.15) is 0 Å². The van der Waals surface area contributed by atoms with Crippen molar-refractivity contribution in [2.24, 2.45) is 5.73 Å². The molecule has 0 fully saturated rings. The molecule has 0 aliphatic carbocycles. The Morgan fingerprint density at radius 1 is 1.16 bits per heavy atom. The van der Waals surface area contributed by atoms with E-state index in [0.29, 0.717) is 22.8 Å². The van der Waals surface area contributed by atoms with Gasteiger partial charge in [0.2, 0.25) is 0 Å². The molecule has 0 aliphatic rings. The topological polar surface area (TPSA) is 46.3 Å². The van der Waals surface area contributed by atoms with Gasteiger partial charge in [0.05, 0.1) is 11.4 Å². The van der Waals surface area contributed by atoms with Gasteiger partial charge in [0.25, 0.3) is 0 Å². The molecule has 2 N–H and O–H groups in total. The fourth-order valence-electron chi connectivity index (χ4n) is 1.83. The molecule has 4 heteroatoms. The van der Waals surface area contributed by atoms with Gasteiger partial charge in [0.15, 0.2) is 0 Å². The fraction of sp³-hybridized carbons (Fsp3) is 0.0667. The van der Waals surface area contributed by atoms with Gasteiger partial charge >= 0.3 is 6.03 Å². The molecule has 0 unspecified atom stereocenters. The number of amides is 2. The molecule has 0 atom stereocenters. The maximum Gasteiger partial charge on any atom is 0.323 e. The Balaban J connectivity index is 2.42. The second-order valence-corrected chi connectivity index (χ2v) is 4.51. The lowest BCUT2D eigenvalue weighted by atomic mass is 10.1. The van der Waals surface area contributed by atoms with Crippen LogP contribution in [0.2, 0.25) is 5.02 Å². The van der Waals surface area contributed by atoms with E-state index in [4.69, 9.17) is 17.3 Å². The van der Waals surface area contributed by atoms with Crippen molar-refractivity contribution >= 4 is 29.0 Å². The molecule has 2 rings (SSSR count). The van der Waals surface area contributed by atoms with Crippen LogP contribution in [0.1, 0.15) is 5.56 Å². The first kappa shape index (κ1) is 13.4. The van der Waals surface area contributed by atoms with E-state index in [2.05, 4.69) is 6.92 Å². The van der Waals surface area contributed by atoms with Crippen LogP contribution in [0.4, 0.5) is 16.2 Å². The Labute approximate surface area is 117 Å². The second kappa shape index (κ2) is 5.76. The maximum absolute atomic E-state index is 11.7. The summed E-state index contributed by atoms with van der Waals surface area (Å²) in [4.78, 5) is 13.1. The lowest BCUT2D eigenvalue weighted by Crippen LogP contribution is -2.31. The highest BCUT2D eigenvalue weighted by Crippen LogP contribution is 2.27. The molecule has 2 aromatic carbocycles. The van der Waals surface area contributed by atoms with Crippen LogP contribution in [0.5, 0.6) is 0 Å². The average Bonchev–Trinajstić information content (AvgIpc) is 2.39. The van der Waals surface area contributed by atoms with Gasteiger partial charge in [-0.05, 0) is 49.2 Å². The standard InChI is InChI=1S/C15H14ClN2O/c1-2-11-6-8-13(9-7-11)18(15(17)19)14-5-3-4-12(16)10-14/h3-10H,1-2H2,(H2,17,19). The zero-order chi connectivity index (χ0) is 13.8. The minimum atomic E-state index is -0.551. The molecule has 1 radical (unpaired) electrons. The quantitative estimate of drug-likeness (QED) is 0.905. The molecule has 0 spiro atoms. The number of benzene rings is 2. The number of nitrogens with zero attached hydrogens (tertiary/aromatic N) is 1. The average molecular weight is 274 g/mol. The normalized spacial score (nSPS) is 10.2. The summed E-state index contributed by atoms with van der Waals surface area (Å²) >= 11 is 5.94. The first-order valence-electron chi connectivity index (χ1n) is 5.85. The van der Waals surface area contributed by atoms with E-state index in [0.717, 1.165) is 5.56 Å². The summed E-state index contributed by atoms with van der Waals surface area (Å²) in [7, 11) is 0. The molecule has 0 bridgehead atoms. The lowest BCUT2D eigenvalue weighted by molar-refractivity contribution is 0.256. The summed E-state index contributed by atoms with van der Waals surface area (Å²) in [6, 6.07) is 14.0. The van der Waals surface area contributed by atoms with E-state index in [-0.39, 0.29) is 0 Å². The lowest BCUT2D eigenvalue weighted by Gasteiger charge is -2.21. The smallest absolute Gasteiger partial charge is 0.323 e.